The molecule has 0 aliphatic carbocycles. The van der Waals surface area contributed by atoms with Crippen LogP contribution in [0.25, 0.3) is 11.0 Å². The Kier molecular flexibility index (Phi) is 5.95. The molecule has 0 spiro atoms. The topological polar surface area (TPSA) is 58.4 Å². The summed E-state index contributed by atoms with van der Waals surface area (Å²) in [5.41, 5.74) is 2.38. The fraction of sp³-hybridized carbons (Fsp3) is 0.440. The van der Waals surface area contributed by atoms with Crippen LogP contribution in [0, 0.1) is 0 Å². The molecule has 164 valence electrons. The van der Waals surface area contributed by atoms with Gasteiger partial charge >= 0.3 is 0 Å². The van der Waals surface area contributed by atoms with Crippen molar-refractivity contribution in [2.45, 2.75) is 70.7 Å². The number of aromatic nitrogens is 1. The Morgan fingerprint density at radius 2 is 1.77 bits per heavy atom. The average molecular weight is 440 g/mol. The number of hydrogen-bond acceptors (Lipinski definition) is 5. The van der Waals surface area contributed by atoms with Crippen LogP contribution in [0.1, 0.15) is 51.7 Å². The Hall–Kier alpha value is -2.21. The summed E-state index contributed by atoms with van der Waals surface area (Å²) in [6.45, 7) is 10.3. The SMILES string of the molecule is CC1(C)CC(N(Cc2ccncc2)Cc2coc3ccc(Cl)cc3c2=O)CC(C)(C)N1. The van der Waals surface area contributed by atoms with Crippen LogP contribution in [0.2, 0.25) is 5.02 Å². The first kappa shape index (κ1) is 22.0. The van der Waals surface area contributed by atoms with Crippen molar-refractivity contribution in [1.29, 1.82) is 0 Å². The molecule has 0 amide bonds. The van der Waals surface area contributed by atoms with Crippen molar-refractivity contribution < 1.29 is 4.42 Å². The van der Waals surface area contributed by atoms with Crippen LogP contribution in [0.4, 0.5) is 0 Å². The van der Waals surface area contributed by atoms with Crippen molar-refractivity contribution in [3.63, 3.8) is 0 Å². The van der Waals surface area contributed by atoms with E-state index in [2.05, 4.69) is 42.9 Å². The maximum atomic E-state index is 13.2. The number of halogens is 1. The van der Waals surface area contributed by atoms with Crippen LogP contribution in [-0.2, 0) is 13.1 Å². The van der Waals surface area contributed by atoms with E-state index in [9.17, 15) is 4.79 Å². The molecule has 5 nitrogen and oxygen atoms in total. The van der Waals surface area contributed by atoms with E-state index in [1.165, 1.54) is 5.56 Å². The molecule has 0 atom stereocenters. The summed E-state index contributed by atoms with van der Waals surface area (Å²) in [5, 5.41) is 4.82. The van der Waals surface area contributed by atoms with Gasteiger partial charge in [-0.15, -0.1) is 0 Å². The van der Waals surface area contributed by atoms with Crippen LogP contribution >= 0.6 is 11.6 Å². The molecule has 0 saturated carbocycles. The lowest BCUT2D eigenvalue weighted by Gasteiger charge is -2.49. The van der Waals surface area contributed by atoms with Crippen molar-refractivity contribution >= 4 is 22.6 Å². The molecule has 2 aromatic heterocycles. The lowest BCUT2D eigenvalue weighted by atomic mass is 9.79. The predicted octanol–water partition coefficient (Wildman–Crippen LogP) is 5.15. The first-order valence-electron chi connectivity index (χ1n) is 10.7. The van der Waals surface area contributed by atoms with E-state index >= 15 is 0 Å². The standard InChI is InChI=1S/C25H30ClN3O2/c1-24(2)12-20(13-25(3,4)28-24)29(14-17-7-9-27-10-8-17)15-18-16-31-22-6-5-19(26)11-21(22)23(18)30/h5-11,16,20,28H,12-15H2,1-4H3. The lowest BCUT2D eigenvalue weighted by molar-refractivity contribution is 0.0559. The van der Waals surface area contributed by atoms with Gasteiger partial charge in [0.1, 0.15) is 5.58 Å². The number of nitrogens with zero attached hydrogens (tertiary/aromatic N) is 2. The highest BCUT2D eigenvalue weighted by Gasteiger charge is 2.40. The van der Waals surface area contributed by atoms with Gasteiger partial charge in [0.05, 0.1) is 11.6 Å². The van der Waals surface area contributed by atoms with Crippen LogP contribution in [0.3, 0.4) is 0 Å². The summed E-state index contributed by atoms with van der Waals surface area (Å²) < 4.78 is 5.79. The molecule has 0 unspecified atom stereocenters. The maximum absolute atomic E-state index is 13.2. The Bertz CT molecular complexity index is 1110. The fourth-order valence-corrected chi connectivity index (χ4v) is 5.21. The van der Waals surface area contributed by atoms with Crippen LogP contribution in [0.5, 0.6) is 0 Å². The first-order chi connectivity index (χ1) is 14.6. The van der Waals surface area contributed by atoms with Gasteiger partial charge in [-0.25, -0.2) is 0 Å². The smallest absolute Gasteiger partial charge is 0.197 e. The van der Waals surface area contributed by atoms with E-state index in [1.54, 1.807) is 24.5 Å². The zero-order valence-electron chi connectivity index (χ0n) is 18.6. The minimum atomic E-state index is -0.0177. The molecule has 1 N–H and O–H groups in total. The normalized spacial score (nSPS) is 18.5. The van der Waals surface area contributed by atoms with E-state index in [0.29, 0.717) is 34.1 Å². The fourth-order valence-electron chi connectivity index (χ4n) is 5.03. The largest absolute Gasteiger partial charge is 0.464 e. The first-order valence-corrected chi connectivity index (χ1v) is 11.1. The molecule has 1 aliphatic heterocycles. The van der Waals surface area contributed by atoms with E-state index in [0.717, 1.165) is 19.4 Å². The van der Waals surface area contributed by atoms with Gasteiger partial charge in [-0.05, 0) is 76.4 Å². The molecule has 1 saturated heterocycles. The maximum Gasteiger partial charge on any atom is 0.197 e. The van der Waals surface area contributed by atoms with Gasteiger partial charge < -0.3 is 9.73 Å². The Balaban J connectivity index is 1.70. The van der Waals surface area contributed by atoms with Crippen molar-refractivity contribution in [1.82, 2.24) is 15.2 Å². The van der Waals surface area contributed by atoms with Gasteiger partial charge in [0.25, 0.3) is 0 Å². The van der Waals surface area contributed by atoms with Crippen molar-refractivity contribution in [2.75, 3.05) is 0 Å². The molecule has 1 fully saturated rings. The molecule has 0 bridgehead atoms. The second-order valence-corrected chi connectivity index (χ2v) is 10.4. The highest BCUT2D eigenvalue weighted by atomic mass is 35.5. The molecule has 6 heteroatoms. The van der Waals surface area contributed by atoms with Crippen molar-refractivity contribution in [2.24, 2.45) is 0 Å². The molecule has 31 heavy (non-hydrogen) atoms. The van der Waals surface area contributed by atoms with E-state index in [1.807, 2.05) is 24.5 Å². The quantitative estimate of drug-likeness (QED) is 0.595. The average Bonchev–Trinajstić information content (AvgIpc) is 2.68. The lowest BCUT2D eigenvalue weighted by Crippen LogP contribution is -2.62. The highest BCUT2D eigenvalue weighted by molar-refractivity contribution is 6.31. The third-order valence-electron chi connectivity index (χ3n) is 6.00. The number of pyridine rings is 1. The Morgan fingerprint density at radius 3 is 2.45 bits per heavy atom. The number of hydrogen-bond donors (Lipinski definition) is 1. The molecule has 4 rings (SSSR count). The van der Waals surface area contributed by atoms with Gasteiger partial charge in [-0.1, -0.05) is 11.6 Å². The predicted molar refractivity (Wildman–Crippen MR) is 125 cm³/mol. The van der Waals surface area contributed by atoms with Gasteiger partial charge in [-0.2, -0.15) is 0 Å². The van der Waals surface area contributed by atoms with Gasteiger partial charge in [0.15, 0.2) is 5.43 Å². The van der Waals surface area contributed by atoms with Gasteiger partial charge in [0.2, 0.25) is 0 Å². The van der Waals surface area contributed by atoms with Crippen LogP contribution in [-0.4, -0.2) is 27.0 Å². The number of nitrogens with one attached hydrogen (secondary N) is 1. The van der Waals surface area contributed by atoms with E-state index < -0.39 is 0 Å². The molecule has 1 aromatic carbocycles. The molecule has 3 heterocycles. The third-order valence-corrected chi connectivity index (χ3v) is 6.23. The Morgan fingerprint density at radius 1 is 1.10 bits per heavy atom. The Labute approximate surface area is 188 Å². The summed E-state index contributed by atoms with van der Waals surface area (Å²) in [7, 11) is 0. The number of fused-ring (bicyclic) bond motifs is 1. The van der Waals surface area contributed by atoms with Crippen LogP contribution in [0.15, 0.2) is 58.2 Å². The summed E-state index contributed by atoms with van der Waals surface area (Å²) in [5.74, 6) is 0. The summed E-state index contributed by atoms with van der Waals surface area (Å²) in [4.78, 5) is 19.8. The summed E-state index contributed by atoms with van der Waals surface area (Å²) in [6, 6.07) is 9.56. The molecule has 3 aromatic rings. The van der Waals surface area contributed by atoms with Crippen molar-refractivity contribution in [3.8, 4) is 0 Å². The summed E-state index contributed by atoms with van der Waals surface area (Å²) >= 11 is 6.14. The third kappa shape index (κ3) is 5.17. The number of piperidine rings is 1. The highest BCUT2D eigenvalue weighted by Crippen LogP contribution is 2.33. The number of rotatable bonds is 5. The number of benzene rings is 1. The van der Waals surface area contributed by atoms with Crippen LogP contribution < -0.4 is 10.7 Å². The monoisotopic (exact) mass is 439 g/mol. The minimum absolute atomic E-state index is 0.00445. The second-order valence-electron chi connectivity index (χ2n) is 9.95. The van der Waals surface area contributed by atoms with Crippen molar-refractivity contribution in [3.05, 3.63) is 75.4 Å². The molecular formula is C25H30ClN3O2. The summed E-state index contributed by atoms with van der Waals surface area (Å²) in [6.07, 6.45) is 7.22. The van der Waals surface area contributed by atoms with E-state index in [4.69, 9.17) is 16.0 Å². The van der Waals surface area contributed by atoms with Gasteiger partial charge in [-0.3, -0.25) is 14.7 Å². The zero-order valence-corrected chi connectivity index (χ0v) is 19.4. The second kappa shape index (κ2) is 8.38. The van der Waals surface area contributed by atoms with E-state index in [-0.39, 0.29) is 16.5 Å². The van der Waals surface area contributed by atoms with Gasteiger partial charge in [0, 0.05) is 53.2 Å². The minimum Gasteiger partial charge on any atom is -0.464 e. The molecule has 0 radical (unpaired) electrons. The molecule has 1 aliphatic rings. The zero-order chi connectivity index (χ0) is 22.2. The molecular weight excluding hydrogens is 410 g/mol.